The summed E-state index contributed by atoms with van der Waals surface area (Å²) in [4.78, 5) is 12.2. The Hall–Kier alpha value is -1.84. The third-order valence-corrected chi connectivity index (χ3v) is 3.47. The van der Waals surface area contributed by atoms with Crippen molar-refractivity contribution in [3.05, 3.63) is 64.2 Å². The number of carbonyl (C=O) groups excluding carboxylic acids is 1. The first kappa shape index (κ1) is 14.6. The van der Waals surface area contributed by atoms with Gasteiger partial charge in [0.05, 0.1) is 0 Å². The van der Waals surface area contributed by atoms with Crippen LogP contribution in [0.3, 0.4) is 0 Å². The molecule has 0 atom stereocenters. The van der Waals surface area contributed by atoms with Crippen molar-refractivity contribution in [2.45, 2.75) is 13.5 Å². The molecule has 2 rings (SSSR count). The molecule has 104 valence electrons. The van der Waals surface area contributed by atoms with Gasteiger partial charge < -0.3 is 10.6 Å². The van der Waals surface area contributed by atoms with Gasteiger partial charge in [-0.1, -0.05) is 35.9 Å². The second-order valence-corrected chi connectivity index (χ2v) is 5.01. The predicted octanol–water partition coefficient (Wildman–Crippen LogP) is 3.62. The zero-order chi connectivity index (χ0) is 14.5. The molecule has 0 radical (unpaired) electrons. The average molecular weight is 289 g/mol. The molecule has 2 N–H and O–H groups in total. The molecule has 0 saturated carbocycles. The highest BCUT2D eigenvalue weighted by atomic mass is 35.5. The topological polar surface area (TPSA) is 41.1 Å². The van der Waals surface area contributed by atoms with Crippen LogP contribution >= 0.6 is 11.6 Å². The fourth-order valence-electron chi connectivity index (χ4n) is 1.92. The van der Waals surface area contributed by atoms with Gasteiger partial charge in [0.15, 0.2) is 0 Å². The molecule has 0 fully saturated rings. The molecule has 0 aliphatic heterocycles. The summed E-state index contributed by atoms with van der Waals surface area (Å²) in [5.41, 5.74) is 3.36. The van der Waals surface area contributed by atoms with Crippen molar-refractivity contribution in [3.8, 4) is 0 Å². The molecule has 4 heteroatoms. The molecule has 0 saturated heterocycles. The number of hydrogen-bond donors (Lipinski definition) is 2. The van der Waals surface area contributed by atoms with Gasteiger partial charge in [0.25, 0.3) is 5.91 Å². The highest BCUT2D eigenvalue weighted by molar-refractivity contribution is 6.31. The maximum atomic E-state index is 12.2. The van der Waals surface area contributed by atoms with Crippen LogP contribution in [0, 0.1) is 6.92 Å². The van der Waals surface area contributed by atoms with Crippen LogP contribution in [0.2, 0.25) is 5.02 Å². The van der Waals surface area contributed by atoms with E-state index >= 15 is 0 Å². The van der Waals surface area contributed by atoms with Crippen molar-refractivity contribution in [2.24, 2.45) is 0 Å². The molecule has 0 aliphatic carbocycles. The van der Waals surface area contributed by atoms with Crippen molar-refractivity contribution in [3.63, 3.8) is 0 Å². The van der Waals surface area contributed by atoms with Gasteiger partial charge in [0, 0.05) is 22.8 Å². The average Bonchev–Trinajstić information content (AvgIpc) is 2.44. The van der Waals surface area contributed by atoms with E-state index in [0.717, 1.165) is 16.8 Å². The summed E-state index contributed by atoms with van der Waals surface area (Å²) < 4.78 is 0. The number of rotatable bonds is 4. The molecule has 2 aromatic rings. The third-order valence-electron chi connectivity index (χ3n) is 3.07. The summed E-state index contributed by atoms with van der Waals surface area (Å²) in [5, 5.41) is 6.60. The standard InChI is InChI=1S/C16H17ClN2O/c1-11-7-8-12(9-14(11)17)16(20)19-15-6-4-3-5-13(15)10-18-2/h3-9,18H,10H2,1-2H3,(H,19,20). The molecule has 1 amide bonds. The number of amides is 1. The third kappa shape index (κ3) is 3.38. The molecule has 0 heterocycles. The number of hydrogen-bond acceptors (Lipinski definition) is 2. The Bertz CT molecular complexity index is 626. The van der Waals surface area contributed by atoms with Crippen LogP contribution in [0.15, 0.2) is 42.5 Å². The number of aryl methyl sites for hydroxylation is 1. The lowest BCUT2D eigenvalue weighted by molar-refractivity contribution is 0.102. The lowest BCUT2D eigenvalue weighted by Gasteiger charge is -2.11. The Morgan fingerprint density at radius 1 is 1.20 bits per heavy atom. The quantitative estimate of drug-likeness (QED) is 0.902. The van der Waals surface area contributed by atoms with E-state index in [9.17, 15) is 4.79 Å². The minimum absolute atomic E-state index is 0.157. The Balaban J connectivity index is 2.21. The Morgan fingerprint density at radius 2 is 1.95 bits per heavy atom. The summed E-state index contributed by atoms with van der Waals surface area (Å²) in [6.07, 6.45) is 0. The summed E-state index contributed by atoms with van der Waals surface area (Å²) >= 11 is 6.05. The zero-order valence-electron chi connectivity index (χ0n) is 11.5. The molecule has 3 nitrogen and oxygen atoms in total. The van der Waals surface area contributed by atoms with E-state index in [-0.39, 0.29) is 5.91 Å². The normalized spacial score (nSPS) is 10.3. The molecular formula is C16H17ClN2O. The second kappa shape index (κ2) is 6.55. The molecule has 0 bridgehead atoms. The van der Waals surface area contributed by atoms with E-state index in [0.29, 0.717) is 17.1 Å². The van der Waals surface area contributed by atoms with Crippen molar-refractivity contribution < 1.29 is 4.79 Å². The van der Waals surface area contributed by atoms with E-state index in [2.05, 4.69) is 10.6 Å². The molecule has 2 aromatic carbocycles. The number of benzene rings is 2. The van der Waals surface area contributed by atoms with Crippen LogP contribution < -0.4 is 10.6 Å². The lowest BCUT2D eigenvalue weighted by Crippen LogP contribution is -2.15. The number of nitrogens with one attached hydrogen (secondary N) is 2. The van der Waals surface area contributed by atoms with Gasteiger partial charge in [-0.3, -0.25) is 4.79 Å². The largest absolute Gasteiger partial charge is 0.322 e. The van der Waals surface area contributed by atoms with E-state index in [4.69, 9.17) is 11.6 Å². The number of halogens is 1. The molecule has 0 unspecified atom stereocenters. The molecule has 20 heavy (non-hydrogen) atoms. The van der Waals surface area contributed by atoms with Crippen LogP contribution in [0.5, 0.6) is 0 Å². The van der Waals surface area contributed by atoms with Gasteiger partial charge in [-0.2, -0.15) is 0 Å². The van der Waals surface area contributed by atoms with Gasteiger partial charge in [0.2, 0.25) is 0 Å². The van der Waals surface area contributed by atoms with Gasteiger partial charge >= 0.3 is 0 Å². The van der Waals surface area contributed by atoms with E-state index in [1.54, 1.807) is 12.1 Å². The lowest BCUT2D eigenvalue weighted by atomic mass is 10.1. The number of anilines is 1. The molecule has 0 aromatic heterocycles. The fourth-order valence-corrected chi connectivity index (χ4v) is 2.10. The molecule has 0 aliphatic rings. The number of para-hydroxylation sites is 1. The van der Waals surface area contributed by atoms with Crippen molar-refractivity contribution in [1.82, 2.24) is 5.32 Å². The van der Waals surface area contributed by atoms with E-state index < -0.39 is 0 Å². The first-order valence-electron chi connectivity index (χ1n) is 6.42. The van der Waals surface area contributed by atoms with Crippen LogP contribution in [0.25, 0.3) is 0 Å². The molecular weight excluding hydrogens is 272 g/mol. The highest BCUT2D eigenvalue weighted by Crippen LogP contribution is 2.19. The van der Waals surface area contributed by atoms with Crippen molar-refractivity contribution in [1.29, 1.82) is 0 Å². The van der Waals surface area contributed by atoms with Gasteiger partial charge in [-0.05, 0) is 43.3 Å². The Labute approximate surface area is 124 Å². The first-order valence-corrected chi connectivity index (χ1v) is 6.79. The Morgan fingerprint density at radius 3 is 2.65 bits per heavy atom. The summed E-state index contributed by atoms with van der Waals surface area (Å²) in [7, 11) is 1.87. The molecule has 0 spiro atoms. The van der Waals surface area contributed by atoms with Crippen LogP contribution in [-0.4, -0.2) is 13.0 Å². The minimum Gasteiger partial charge on any atom is -0.322 e. The van der Waals surface area contributed by atoms with Gasteiger partial charge in [0.1, 0.15) is 0 Å². The smallest absolute Gasteiger partial charge is 0.255 e. The predicted molar refractivity (Wildman–Crippen MR) is 83.3 cm³/mol. The summed E-state index contributed by atoms with van der Waals surface area (Å²) in [6.45, 7) is 2.61. The van der Waals surface area contributed by atoms with Crippen LogP contribution in [0.4, 0.5) is 5.69 Å². The zero-order valence-corrected chi connectivity index (χ0v) is 12.3. The van der Waals surface area contributed by atoms with Crippen LogP contribution in [-0.2, 0) is 6.54 Å². The maximum Gasteiger partial charge on any atom is 0.255 e. The van der Waals surface area contributed by atoms with E-state index in [1.807, 2.05) is 44.3 Å². The Kier molecular flexibility index (Phi) is 4.77. The van der Waals surface area contributed by atoms with Crippen molar-refractivity contribution in [2.75, 3.05) is 12.4 Å². The van der Waals surface area contributed by atoms with E-state index in [1.165, 1.54) is 0 Å². The summed E-state index contributed by atoms with van der Waals surface area (Å²) in [6, 6.07) is 13.0. The summed E-state index contributed by atoms with van der Waals surface area (Å²) in [5.74, 6) is -0.157. The second-order valence-electron chi connectivity index (χ2n) is 4.61. The first-order chi connectivity index (χ1) is 9.61. The fraction of sp³-hybridized carbons (Fsp3) is 0.188. The maximum absolute atomic E-state index is 12.2. The van der Waals surface area contributed by atoms with Gasteiger partial charge in [-0.15, -0.1) is 0 Å². The minimum atomic E-state index is -0.157. The number of carbonyl (C=O) groups is 1. The van der Waals surface area contributed by atoms with Crippen molar-refractivity contribution >= 4 is 23.2 Å². The van der Waals surface area contributed by atoms with Gasteiger partial charge in [-0.25, -0.2) is 0 Å². The highest BCUT2D eigenvalue weighted by Gasteiger charge is 2.09. The SMILES string of the molecule is CNCc1ccccc1NC(=O)c1ccc(C)c(Cl)c1. The monoisotopic (exact) mass is 288 g/mol. The van der Waals surface area contributed by atoms with Crippen LogP contribution in [0.1, 0.15) is 21.5 Å².